The lowest BCUT2D eigenvalue weighted by atomic mass is 10.0. The van der Waals surface area contributed by atoms with E-state index in [2.05, 4.69) is 5.32 Å². The van der Waals surface area contributed by atoms with Gasteiger partial charge in [0, 0.05) is 36.9 Å². The second-order valence-electron chi connectivity index (χ2n) is 9.31. The summed E-state index contributed by atoms with van der Waals surface area (Å²) in [6.07, 6.45) is 1.16. The van der Waals surface area contributed by atoms with Gasteiger partial charge in [-0.1, -0.05) is 61.5 Å². The number of nitro groups is 1. The van der Waals surface area contributed by atoms with Gasteiger partial charge in [-0.05, 0) is 42.2 Å². The molecule has 0 bridgehead atoms. The molecule has 3 aromatic rings. The summed E-state index contributed by atoms with van der Waals surface area (Å²) in [4.78, 5) is 39.4. The molecule has 2 atom stereocenters. The number of carbonyl (C=O) groups excluding carboxylic acids is 2. The minimum absolute atomic E-state index is 0.0268. The van der Waals surface area contributed by atoms with E-state index in [1.807, 2.05) is 68.4 Å². The monoisotopic (exact) mass is 549 g/mol. The Labute approximate surface area is 233 Å². The lowest BCUT2D eigenvalue weighted by molar-refractivity contribution is -0.384. The predicted octanol–water partition coefficient (Wildman–Crippen LogP) is 5.39. The molecule has 0 saturated carbocycles. The van der Waals surface area contributed by atoms with Crippen LogP contribution in [-0.2, 0) is 28.3 Å². The highest BCUT2D eigenvalue weighted by Gasteiger charge is 2.31. The summed E-state index contributed by atoms with van der Waals surface area (Å²) in [6, 6.07) is 22.8. The van der Waals surface area contributed by atoms with E-state index in [1.165, 1.54) is 23.9 Å². The molecule has 3 aromatic carbocycles. The fourth-order valence-electron chi connectivity index (χ4n) is 4.02. The molecule has 0 aliphatic rings. The number of hydrogen-bond donors (Lipinski definition) is 1. The highest BCUT2D eigenvalue weighted by Crippen LogP contribution is 2.21. The molecule has 0 aliphatic carbocycles. The number of carbonyl (C=O) groups is 2. The van der Waals surface area contributed by atoms with E-state index >= 15 is 0 Å². The van der Waals surface area contributed by atoms with Crippen LogP contribution in [0.1, 0.15) is 37.0 Å². The molecule has 8 nitrogen and oxygen atoms in total. The van der Waals surface area contributed by atoms with Crippen LogP contribution in [0.3, 0.4) is 0 Å². The number of nitrogens with zero attached hydrogens (tertiary/aromatic N) is 2. The molecule has 0 saturated heterocycles. The van der Waals surface area contributed by atoms with Crippen LogP contribution in [0.2, 0.25) is 0 Å². The van der Waals surface area contributed by atoms with E-state index in [0.717, 1.165) is 23.1 Å². The summed E-state index contributed by atoms with van der Waals surface area (Å²) in [6.45, 7) is 4.20. The zero-order valence-electron chi connectivity index (χ0n) is 22.5. The summed E-state index contributed by atoms with van der Waals surface area (Å²) in [7, 11) is 1.59. The second-order valence-corrected chi connectivity index (χ2v) is 10.3. The molecule has 0 heterocycles. The number of methoxy groups -OCH3 is 1. The first kappa shape index (κ1) is 29.7. The van der Waals surface area contributed by atoms with Gasteiger partial charge in [0.15, 0.2) is 0 Å². The number of amides is 2. The van der Waals surface area contributed by atoms with Gasteiger partial charge in [-0.15, -0.1) is 11.8 Å². The van der Waals surface area contributed by atoms with Crippen molar-refractivity contribution in [3.05, 3.63) is 106 Å². The van der Waals surface area contributed by atoms with Crippen molar-refractivity contribution in [3.8, 4) is 5.75 Å². The predicted molar refractivity (Wildman–Crippen MR) is 155 cm³/mol. The maximum Gasteiger partial charge on any atom is 0.269 e. The standard InChI is InChI=1S/C30H35N3O5S/c1-4-22(2)31-30(35)28(18-23-9-6-5-7-10-23)32(19-25-11-8-12-27(17-25)38-3)29(34)21-39-20-24-13-15-26(16-14-24)33(36)37/h5-17,22,28H,4,18-21H2,1-3H3,(H,31,35)/t22-,28+/m1/s1. The Morgan fingerprint density at radius 3 is 2.33 bits per heavy atom. The third kappa shape index (κ3) is 9.14. The van der Waals surface area contributed by atoms with Gasteiger partial charge in [-0.2, -0.15) is 0 Å². The fraction of sp³-hybridized carbons (Fsp3) is 0.333. The van der Waals surface area contributed by atoms with Crippen LogP contribution in [0.4, 0.5) is 5.69 Å². The summed E-state index contributed by atoms with van der Waals surface area (Å²) in [5.41, 5.74) is 2.73. The smallest absolute Gasteiger partial charge is 0.269 e. The largest absolute Gasteiger partial charge is 0.497 e. The van der Waals surface area contributed by atoms with Gasteiger partial charge < -0.3 is 15.0 Å². The highest BCUT2D eigenvalue weighted by molar-refractivity contribution is 7.99. The number of ether oxygens (including phenoxy) is 1. The van der Waals surface area contributed by atoms with Crippen molar-refractivity contribution in [2.75, 3.05) is 12.9 Å². The van der Waals surface area contributed by atoms with Crippen molar-refractivity contribution in [2.24, 2.45) is 0 Å². The number of rotatable bonds is 14. The molecule has 0 fully saturated rings. The second kappa shape index (κ2) is 14.9. The molecule has 3 rings (SSSR count). The van der Waals surface area contributed by atoms with E-state index in [9.17, 15) is 19.7 Å². The zero-order chi connectivity index (χ0) is 28.2. The molecule has 1 N–H and O–H groups in total. The normalized spacial score (nSPS) is 12.3. The molecule has 0 aliphatic heterocycles. The van der Waals surface area contributed by atoms with Crippen molar-refractivity contribution >= 4 is 29.3 Å². The Morgan fingerprint density at radius 2 is 1.69 bits per heavy atom. The molecular formula is C30H35N3O5S. The number of nitro benzene ring substituents is 1. The van der Waals surface area contributed by atoms with E-state index in [0.29, 0.717) is 17.9 Å². The van der Waals surface area contributed by atoms with Crippen molar-refractivity contribution in [2.45, 2.75) is 51.1 Å². The highest BCUT2D eigenvalue weighted by atomic mass is 32.2. The summed E-state index contributed by atoms with van der Waals surface area (Å²) in [5, 5.41) is 14.0. The summed E-state index contributed by atoms with van der Waals surface area (Å²) < 4.78 is 5.38. The lowest BCUT2D eigenvalue weighted by Crippen LogP contribution is -2.52. The van der Waals surface area contributed by atoms with Gasteiger partial charge in [-0.3, -0.25) is 19.7 Å². The zero-order valence-corrected chi connectivity index (χ0v) is 23.4. The van der Waals surface area contributed by atoms with Gasteiger partial charge in [0.05, 0.1) is 17.8 Å². The molecule has 206 valence electrons. The Hall–Kier alpha value is -3.85. The first-order valence-corrected chi connectivity index (χ1v) is 14.0. The summed E-state index contributed by atoms with van der Waals surface area (Å²) in [5.74, 6) is 0.994. The SMILES string of the molecule is CC[C@@H](C)NC(=O)[C@H](Cc1ccccc1)N(Cc1cccc(OC)c1)C(=O)CSCc1ccc([N+](=O)[O-])cc1. The van der Waals surface area contributed by atoms with Crippen LogP contribution in [0.15, 0.2) is 78.9 Å². The topological polar surface area (TPSA) is 102 Å². The van der Waals surface area contributed by atoms with Crippen molar-refractivity contribution in [3.63, 3.8) is 0 Å². The Morgan fingerprint density at radius 1 is 1.00 bits per heavy atom. The van der Waals surface area contributed by atoms with Crippen LogP contribution in [0, 0.1) is 10.1 Å². The maximum absolute atomic E-state index is 13.7. The molecule has 9 heteroatoms. The van der Waals surface area contributed by atoms with E-state index in [4.69, 9.17) is 4.74 Å². The van der Waals surface area contributed by atoms with Crippen molar-refractivity contribution < 1.29 is 19.2 Å². The molecular weight excluding hydrogens is 514 g/mol. The molecule has 0 radical (unpaired) electrons. The molecule has 0 aromatic heterocycles. The van der Waals surface area contributed by atoms with Gasteiger partial charge in [-0.25, -0.2) is 0 Å². The van der Waals surface area contributed by atoms with Crippen LogP contribution < -0.4 is 10.1 Å². The van der Waals surface area contributed by atoms with Crippen LogP contribution >= 0.6 is 11.8 Å². The van der Waals surface area contributed by atoms with Crippen molar-refractivity contribution in [1.82, 2.24) is 10.2 Å². The van der Waals surface area contributed by atoms with E-state index in [1.54, 1.807) is 24.1 Å². The maximum atomic E-state index is 13.7. The van der Waals surface area contributed by atoms with Crippen LogP contribution in [0.5, 0.6) is 5.75 Å². The van der Waals surface area contributed by atoms with Crippen LogP contribution in [-0.4, -0.2) is 46.6 Å². The van der Waals surface area contributed by atoms with E-state index < -0.39 is 11.0 Å². The Balaban J connectivity index is 1.85. The molecule has 39 heavy (non-hydrogen) atoms. The van der Waals surface area contributed by atoms with Gasteiger partial charge >= 0.3 is 0 Å². The first-order valence-electron chi connectivity index (χ1n) is 12.9. The number of non-ortho nitro benzene ring substituents is 1. The van der Waals surface area contributed by atoms with E-state index in [-0.39, 0.29) is 35.8 Å². The Bertz CT molecular complexity index is 1240. The lowest BCUT2D eigenvalue weighted by Gasteiger charge is -2.32. The molecule has 0 spiro atoms. The Kier molecular flexibility index (Phi) is 11.4. The minimum Gasteiger partial charge on any atom is -0.497 e. The number of hydrogen-bond acceptors (Lipinski definition) is 6. The van der Waals surface area contributed by atoms with Gasteiger partial charge in [0.1, 0.15) is 11.8 Å². The molecule has 0 unspecified atom stereocenters. The third-order valence-corrected chi connectivity index (χ3v) is 7.39. The van der Waals surface area contributed by atoms with Crippen molar-refractivity contribution in [1.29, 1.82) is 0 Å². The average Bonchev–Trinajstić information content (AvgIpc) is 2.95. The minimum atomic E-state index is -0.708. The first-order chi connectivity index (χ1) is 18.8. The summed E-state index contributed by atoms with van der Waals surface area (Å²) >= 11 is 1.41. The van der Waals surface area contributed by atoms with Gasteiger partial charge in [0.2, 0.25) is 11.8 Å². The van der Waals surface area contributed by atoms with Gasteiger partial charge in [0.25, 0.3) is 5.69 Å². The van der Waals surface area contributed by atoms with Crippen LogP contribution in [0.25, 0.3) is 0 Å². The molecule has 2 amide bonds. The number of thioether (sulfide) groups is 1. The number of nitrogens with one attached hydrogen (secondary N) is 1. The average molecular weight is 550 g/mol. The third-order valence-electron chi connectivity index (χ3n) is 6.40. The fourth-order valence-corrected chi connectivity index (χ4v) is 4.89. The quantitative estimate of drug-likeness (QED) is 0.214. The number of benzene rings is 3.